The van der Waals surface area contributed by atoms with Crippen molar-refractivity contribution >= 4 is 40.7 Å². The molecule has 1 aromatic carbocycles. The zero-order valence-corrected chi connectivity index (χ0v) is 14.0. The second kappa shape index (κ2) is 6.67. The number of halogens is 2. The fourth-order valence-electron chi connectivity index (χ4n) is 3.80. The number of rotatable bonds is 4. The van der Waals surface area contributed by atoms with Gasteiger partial charge in [-0.2, -0.15) is 0 Å². The van der Waals surface area contributed by atoms with Crippen molar-refractivity contribution in [3.8, 4) is 0 Å². The third-order valence-corrected chi connectivity index (χ3v) is 5.47. The van der Waals surface area contributed by atoms with Crippen molar-refractivity contribution in [2.75, 3.05) is 11.9 Å². The second-order valence-electron chi connectivity index (χ2n) is 6.33. The predicted molar refractivity (Wildman–Crippen MR) is 90.4 cm³/mol. The molecule has 0 aromatic heterocycles. The van der Waals surface area contributed by atoms with Crippen molar-refractivity contribution in [1.82, 2.24) is 5.32 Å². The first kappa shape index (κ1) is 16.6. The molecule has 4 N–H and O–H groups in total. The van der Waals surface area contributed by atoms with Crippen LogP contribution in [0.3, 0.4) is 0 Å². The van der Waals surface area contributed by atoms with Gasteiger partial charge in [0.1, 0.15) is 0 Å². The molecule has 5 nitrogen and oxygen atoms in total. The van der Waals surface area contributed by atoms with Crippen molar-refractivity contribution < 1.29 is 9.59 Å². The standard InChI is InChI=1S/C16H19Cl2N3O2/c17-10-3-4-11(18)12(6-10)21-13(22)7-20-16(23)14-8-1-2-9(5-8)15(14)19/h3-4,6,8-9,14-15H,1-2,5,7,19H2,(H,20,23)(H,21,22). The minimum Gasteiger partial charge on any atom is -0.347 e. The summed E-state index contributed by atoms with van der Waals surface area (Å²) in [6.07, 6.45) is 3.20. The highest BCUT2D eigenvalue weighted by atomic mass is 35.5. The number of anilines is 1. The lowest BCUT2D eigenvalue weighted by Gasteiger charge is -2.26. The van der Waals surface area contributed by atoms with E-state index in [2.05, 4.69) is 10.6 Å². The summed E-state index contributed by atoms with van der Waals surface area (Å²) in [7, 11) is 0. The zero-order valence-electron chi connectivity index (χ0n) is 12.5. The van der Waals surface area contributed by atoms with Crippen LogP contribution in [-0.2, 0) is 9.59 Å². The molecule has 3 rings (SSSR count). The lowest BCUT2D eigenvalue weighted by Crippen LogP contribution is -2.46. The molecule has 2 aliphatic rings. The number of nitrogens with one attached hydrogen (secondary N) is 2. The summed E-state index contributed by atoms with van der Waals surface area (Å²) in [6, 6.07) is 4.72. The molecule has 2 saturated carbocycles. The molecule has 4 unspecified atom stereocenters. The van der Waals surface area contributed by atoms with Crippen molar-refractivity contribution in [3.63, 3.8) is 0 Å². The van der Waals surface area contributed by atoms with Crippen LogP contribution in [0.4, 0.5) is 5.69 Å². The molecule has 0 radical (unpaired) electrons. The maximum Gasteiger partial charge on any atom is 0.243 e. The number of carbonyl (C=O) groups excluding carboxylic acids is 2. The summed E-state index contributed by atoms with van der Waals surface area (Å²) in [5.41, 5.74) is 6.56. The van der Waals surface area contributed by atoms with Gasteiger partial charge in [0.05, 0.1) is 23.2 Å². The van der Waals surface area contributed by atoms with Gasteiger partial charge in [-0.3, -0.25) is 9.59 Å². The van der Waals surface area contributed by atoms with Crippen LogP contribution < -0.4 is 16.4 Å². The van der Waals surface area contributed by atoms with Crippen molar-refractivity contribution in [2.24, 2.45) is 23.5 Å². The monoisotopic (exact) mass is 355 g/mol. The smallest absolute Gasteiger partial charge is 0.243 e. The minimum absolute atomic E-state index is 0.0841. The third-order valence-electron chi connectivity index (χ3n) is 4.91. The van der Waals surface area contributed by atoms with Crippen molar-refractivity contribution in [1.29, 1.82) is 0 Å². The highest BCUT2D eigenvalue weighted by Crippen LogP contribution is 2.47. The Bertz CT molecular complexity index is 636. The Morgan fingerprint density at radius 1 is 1.22 bits per heavy atom. The predicted octanol–water partition coefficient (Wildman–Crippen LogP) is 2.42. The topological polar surface area (TPSA) is 84.2 Å². The third kappa shape index (κ3) is 3.47. The number of benzene rings is 1. The van der Waals surface area contributed by atoms with Crippen molar-refractivity contribution in [2.45, 2.75) is 25.3 Å². The minimum atomic E-state index is -0.348. The van der Waals surface area contributed by atoms with Crippen LogP contribution >= 0.6 is 23.2 Å². The number of fused-ring (bicyclic) bond motifs is 2. The average molecular weight is 356 g/mol. The van der Waals surface area contributed by atoms with Crippen LogP contribution in [0.25, 0.3) is 0 Å². The Morgan fingerprint density at radius 2 is 1.96 bits per heavy atom. The van der Waals surface area contributed by atoms with Crippen LogP contribution in [0.15, 0.2) is 18.2 Å². The normalized spacial score (nSPS) is 28.7. The van der Waals surface area contributed by atoms with Gasteiger partial charge in [0.25, 0.3) is 0 Å². The first-order valence-electron chi connectivity index (χ1n) is 7.74. The maximum absolute atomic E-state index is 12.3. The van der Waals surface area contributed by atoms with E-state index in [4.69, 9.17) is 28.9 Å². The van der Waals surface area contributed by atoms with Gasteiger partial charge in [0, 0.05) is 11.1 Å². The zero-order chi connectivity index (χ0) is 16.6. The number of carbonyl (C=O) groups is 2. The molecule has 0 heterocycles. The highest BCUT2D eigenvalue weighted by molar-refractivity contribution is 6.35. The Balaban J connectivity index is 1.53. The maximum atomic E-state index is 12.3. The fourth-order valence-corrected chi connectivity index (χ4v) is 4.13. The molecule has 7 heteroatoms. The summed E-state index contributed by atoms with van der Waals surface area (Å²) in [6.45, 7) is -0.109. The van der Waals surface area contributed by atoms with E-state index >= 15 is 0 Å². The largest absolute Gasteiger partial charge is 0.347 e. The molecule has 0 aliphatic heterocycles. The van der Waals surface area contributed by atoms with E-state index in [-0.39, 0.29) is 30.3 Å². The molecule has 23 heavy (non-hydrogen) atoms. The Hall–Kier alpha value is -1.30. The van der Waals surface area contributed by atoms with Gasteiger partial charge in [-0.25, -0.2) is 0 Å². The SMILES string of the molecule is NC1C2CCC(C2)C1C(=O)NCC(=O)Nc1cc(Cl)ccc1Cl. The number of amides is 2. The highest BCUT2D eigenvalue weighted by Gasteiger charge is 2.48. The van der Waals surface area contributed by atoms with Gasteiger partial charge in [-0.05, 0) is 49.3 Å². The lowest BCUT2D eigenvalue weighted by atomic mass is 9.84. The van der Waals surface area contributed by atoms with Crippen LogP contribution in [0.5, 0.6) is 0 Å². The van der Waals surface area contributed by atoms with Gasteiger partial charge in [0.2, 0.25) is 11.8 Å². The van der Waals surface area contributed by atoms with Crippen LogP contribution in [-0.4, -0.2) is 24.4 Å². The van der Waals surface area contributed by atoms with Gasteiger partial charge in [-0.1, -0.05) is 23.2 Å². The Morgan fingerprint density at radius 3 is 2.65 bits per heavy atom. The summed E-state index contributed by atoms with van der Waals surface area (Å²) in [4.78, 5) is 24.3. The van der Waals surface area contributed by atoms with E-state index in [0.717, 1.165) is 19.3 Å². The molecular weight excluding hydrogens is 337 g/mol. The summed E-state index contributed by atoms with van der Waals surface area (Å²) in [5, 5.41) is 6.19. The molecule has 1 aromatic rings. The van der Waals surface area contributed by atoms with E-state index < -0.39 is 0 Å². The van der Waals surface area contributed by atoms with E-state index in [0.29, 0.717) is 27.6 Å². The quantitative estimate of drug-likeness (QED) is 0.775. The van der Waals surface area contributed by atoms with Crippen LogP contribution in [0.1, 0.15) is 19.3 Å². The molecule has 2 fully saturated rings. The van der Waals surface area contributed by atoms with Crippen molar-refractivity contribution in [3.05, 3.63) is 28.2 Å². The summed E-state index contributed by atoms with van der Waals surface area (Å²) >= 11 is 11.9. The molecule has 4 atom stereocenters. The average Bonchev–Trinajstić information content (AvgIpc) is 3.09. The van der Waals surface area contributed by atoms with E-state index in [1.165, 1.54) is 0 Å². The van der Waals surface area contributed by atoms with Gasteiger partial charge >= 0.3 is 0 Å². The molecular formula is C16H19Cl2N3O2. The lowest BCUT2D eigenvalue weighted by molar-refractivity contribution is -0.129. The molecule has 2 amide bonds. The van der Waals surface area contributed by atoms with Gasteiger partial charge in [-0.15, -0.1) is 0 Å². The van der Waals surface area contributed by atoms with E-state index in [1.807, 2.05) is 0 Å². The first-order chi connectivity index (χ1) is 11.0. The van der Waals surface area contributed by atoms with Crippen LogP contribution in [0.2, 0.25) is 10.0 Å². The molecule has 0 saturated heterocycles. The molecule has 2 bridgehead atoms. The van der Waals surface area contributed by atoms with E-state index in [1.54, 1.807) is 18.2 Å². The molecule has 0 spiro atoms. The van der Waals surface area contributed by atoms with E-state index in [9.17, 15) is 9.59 Å². The fraction of sp³-hybridized carbons (Fsp3) is 0.500. The van der Waals surface area contributed by atoms with Crippen LogP contribution in [0, 0.1) is 17.8 Å². The number of nitrogens with two attached hydrogens (primary N) is 1. The molecule has 124 valence electrons. The molecule has 2 aliphatic carbocycles. The Kier molecular flexibility index (Phi) is 4.80. The summed E-state index contributed by atoms with van der Waals surface area (Å²) < 4.78 is 0. The van der Waals surface area contributed by atoms with Gasteiger partial charge in [0.15, 0.2) is 0 Å². The Labute approximate surface area is 144 Å². The van der Waals surface area contributed by atoms with Gasteiger partial charge < -0.3 is 16.4 Å². The number of hydrogen-bond acceptors (Lipinski definition) is 3. The second-order valence-corrected chi connectivity index (χ2v) is 7.17. The summed E-state index contributed by atoms with van der Waals surface area (Å²) in [5.74, 6) is 0.169. The first-order valence-corrected chi connectivity index (χ1v) is 8.49. The number of hydrogen-bond donors (Lipinski definition) is 3.